The molecule has 0 radical (unpaired) electrons. The van der Waals surface area contributed by atoms with Crippen molar-refractivity contribution in [1.82, 2.24) is 20.0 Å². The fraction of sp³-hybridized carbons (Fsp3) is 0.138. The molecule has 0 saturated carbocycles. The van der Waals surface area contributed by atoms with Crippen LogP contribution in [0.15, 0.2) is 101 Å². The molecule has 1 aliphatic rings. The molecule has 10 heteroatoms. The van der Waals surface area contributed by atoms with Crippen molar-refractivity contribution in [3.8, 4) is 5.69 Å². The molecular weight excluding hydrogens is 496 g/mol. The summed E-state index contributed by atoms with van der Waals surface area (Å²) < 4.78 is 6.88. The van der Waals surface area contributed by atoms with Crippen molar-refractivity contribution in [3.63, 3.8) is 0 Å². The van der Waals surface area contributed by atoms with Crippen LogP contribution in [-0.2, 0) is 9.53 Å². The highest BCUT2D eigenvalue weighted by molar-refractivity contribution is 5.96. The Hall–Kier alpha value is -5.25. The zero-order valence-corrected chi connectivity index (χ0v) is 21.3. The lowest BCUT2D eigenvalue weighted by Crippen LogP contribution is -2.37. The quantitative estimate of drug-likeness (QED) is 0.247. The van der Waals surface area contributed by atoms with Gasteiger partial charge in [0.1, 0.15) is 5.82 Å². The number of amides is 1. The van der Waals surface area contributed by atoms with Crippen molar-refractivity contribution in [1.29, 1.82) is 0 Å². The van der Waals surface area contributed by atoms with E-state index in [1.54, 1.807) is 44.3 Å². The van der Waals surface area contributed by atoms with E-state index < -0.39 is 23.5 Å². The minimum atomic E-state index is -0.664. The number of para-hydroxylation sites is 1. The number of pyridine rings is 1. The first-order chi connectivity index (χ1) is 19.0. The summed E-state index contributed by atoms with van der Waals surface area (Å²) in [6.45, 7) is 3.70. The molecule has 4 aromatic rings. The first kappa shape index (κ1) is 25.4. The third kappa shape index (κ3) is 4.99. The number of nitrogens with zero attached hydrogens (tertiary/aromatic N) is 3. The molecule has 3 heterocycles. The highest BCUT2D eigenvalue weighted by atomic mass is 16.5. The second kappa shape index (κ2) is 11.0. The number of nitrogens with one attached hydrogen (secondary N) is 3. The standard InChI is InChI=1S/C29H26N6O4/c1-3-39-28(37)22-18(2)31-26-24(23(22)19-11-6-4-7-12-19)25(33-34-27(36)20-13-10-16-30-17-20)32-29(38)35(26)21-14-8-5-9-15-21/h4-17,23,31H,3H2,1-2H3,(H,34,36)(H,32,33,38). The Labute approximate surface area is 224 Å². The van der Waals surface area contributed by atoms with Crippen molar-refractivity contribution in [2.45, 2.75) is 19.8 Å². The minimum absolute atomic E-state index is 0.0927. The molecule has 5 rings (SSSR count). The van der Waals surface area contributed by atoms with Gasteiger partial charge in [-0.05, 0) is 43.7 Å². The zero-order chi connectivity index (χ0) is 27.4. The Kier molecular flexibility index (Phi) is 7.17. The number of hydrogen-bond acceptors (Lipinski definition) is 8. The van der Waals surface area contributed by atoms with E-state index in [4.69, 9.17) is 4.74 Å². The average molecular weight is 523 g/mol. The molecular formula is C29H26N6O4. The van der Waals surface area contributed by atoms with Gasteiger partial charge in [-0.3, -0.25) is 20.6 Å². The van der Waals surface area contributed by atoms with Gasteiger partial charge in [0.15, 0.2) is 5.82 Å². The normalized spacial score (nSPS) is 14.2. The molecule has 3 N–H and O–H groups in total. The number of anilines is 2. The molecule has 0 fully saturated rings. The van der Waals surface area contributed by atoms with Gasteiger partial charge >= 0.3 is 11.7 Å². The van der Waals surface area contributed by atoms with Crippen molar-refractivity contribution < 1.29 is 14.3 Å². The number of rotatable bonds is 7. The summed E-state index contributed by atoms with van der Waals surface area (Å²) in [6, 6.07) is 21.7. The van der Waals surface area contributed by atoms with Gasteiger partial charge in [-0.25, -0.2) is 14.2 Å². The van der Waals surface area contributed by atoms with Crippen LogP contribution in [-0.4, -0.2) is 33.0 Å². The van der Waals surface area contributed by atoms with Crippen LogP contribution < -0.4 is 21.9 Å². The zero-order valence-electron chi connectivity index (χ0n) is 21.3. The van der Waals surface area contributed by atoms with E-state index in [0.717, 1.165) is 5.56 Å². The largest absolute Gasteiger partial charge is 0.463 e. The van der Waals surface area contributed by atoms with Crippen LogP contribution >= 0.6 is 0 Å². The van der Waals surface area contributed by atoms with Gasteiger partial charge in [0.05, 0.1) is 29.3 Å². The summed E-state index contributed by atoms with van der Waals surface area (Å²) in [5, 5.41) is 3.26. The number of hydrogen-bond donors (Lipinski definition) is 3. The van der Waals surface area contributed by atoms with Crippen LogP contribution in [0, 0.1) is 0 Å². The van der Waals surface area contributed by atoms with Gasteiger partial charge in [0.2, 0.25) is 0 Å². The lowest BCUT2D eigenvalue weighted by atomic mass is 9.81. The summed E-state index contributed by atoms with van der Waals surface area (Å²) >= 11 is 0. The highest BCUT2D eigenvalue weighted by Gasteiger charge is 2.38. The average Bonchev–Trinajstić information content (AvgIpc) is 2.96. The molecule has 39 heavy (non-hydrogen) atoms. The number of carbonyl (C=O) groups excluding carboxylic acids is 2. The maximum atomic E-state index is 13.4. The van der Waals surface area contributed by atoms with Crippen LogP contribution in [0.25, 0.3) is 5.69 Å². The molecule has 10 nitrogen and oxygen atoms in total. The summed E-state index contributed by atoms with van der Waals surface area (Å²) in [5.74, 6) is -1.12. The van der Waals surface area contributed by atoms with Crippen LogP contribution in [0.4, 0.5) is 11.6 Å². The Balaban J connectivity index is 1.72. The second-order valence-electron chi connectivity index (χ2n) is 8.72. The van der Waals surface area contributed by atoms with Gasteiger partial charge in [0.25, 0.3) is 5.91 Å². The summed E-state index contributed by atoms with van der Waals surface area (Å²) in [4.78, 5) is 47.8. The third-order valence-electron chi connectivity index (χ3n) is 6.28. The van der Waals surface area contributed by atoms with Gasteiger partial charge in [0, 0.05) is 23.7 Å². The number of benzene rings is 2. The molecule has 0 aliphatic carbocycles. The fourth-order valence-electron chi connectivity index (χ4n) is 4.59. The minimum Gasteiger partial charge on any atom is -0.463 e. The Morgan fingerprint density at radius 1 is 1.03 bits per heavy atom. The first-order valence-electron chi connectivity index (χ1n) is 12.4. The number of esters is 1. The number of fused-ring (bicyclic) bond motifs is 1. The molecule has 1 aliphatic heterocycles. The Morgan fingerprint density at radius 3 is 2.41 bits per heavy atom. The number of allylic oxidation sites excluding steroid dienone is 1. The number of ether oxygens (including phenoxy) is 1. The van der Waals surface area contributed by atoms with Crippen molar-refractivity contribution >= 4 is 23.5 Å². The van der Waals surface area contributed by atoms with E-state index in [-0.39, 0.29) is 12.4 Å². The topological polar surface area (TPSA) is 127 Å². The molecule has 0 saturated heterocycles. The fourth-order valence-corrected chi connectivity index (χ4v) is 4.59. The van der Waals surface area contributed by atoms with Gasteiger partial charge in [-0.15, -0.1) is 0 Å². The predicted molar refractivity (Wildman–Crippen MR) is 146 cm³/mol. The van der Waals surface area contributed by atoms with Gasteiger partial charge in [-0.1, -0.05) is 48.5 Å². The van der Waals surface area contributed by atoms with Crippen LogP contribution in [0.1, 0.15) is 41.3 Å². The van der Waals surface area contributed by atoms with Crippen LogP contribution in [0.2, 0.25) is 0 Å². The van der Waals surface area contributed by atoms with E-state index in [9.17, 15) is 14.4 Å². The molecule has 1 atom stereocenters. The lowest BCUT2D eigenvalue weighted by molar-refractivity contribution is -0.138. The molecule has 1 amide bonds. The van der Waals surface area contributed by atoms with Crippen molar-refractivity contribution in [2.75, 3.05) is 17.3 Å². The maximum absolute atomic E-state index is 13.4. The molecule has 2 aromatic heterocycles. The maximum Gasteiger partial charge on any atom is 0.355 e. The first-order valence-corrected chi connectivity index (χ1v) is 12.4. The summed E-state index contributed by atoms with van der Waals surface area (Å²) in [6.07, 6.45) is 2.99. The molecule has 1 unspecified atom stereocenters. The Bertz CT molecular complexity index is 1600. The summed E-state index contributed by atoms with van der Waals surface area (Å²) in [5.41, 5.74) is 7.94. The third-order valence-corrected chi connectivity index (χ3v) is 6.28. The van der Waals surface area contributed by atoms with E-state index >= 15 is 0 Å². The molecule has 0 spiro atoms. The van der Waals surface area contributed by atoms with Crippen LogP contribution in [0.5, 0.6) is 0 Å². The smallest absolute Gasteiger partial charge is 0.355 e. The van der Waals surface area contributed by atoms with E-state index in [0.29, 0.717) is 33.9 Å². The SMILES string of the molecule is CCOC(=O)C1=C(C)Nc2c(c(NNC(=O)c3cccnc3)nc(=O)n2-c2ccccc2)C1c1ccccc1. The second-order valence-corrected chi connectivity index (χ2v) is 8.72. The molecule has 196 valence electrons. The van der Waals surface area contributed by atoms with Crippen molar-refractivity contribution in [3.05, 3.63) is 124 Å². The van der Waals surface area contributed by atoms with E-state index in [2.05, 4.69) is 26.1 Å². The number of aromatic nitrogens is 3. The van der Waals surface area contributed by atoms with Gasteiger partial charge in [-0.2, -0.15) is 4.98 Å². The van der Waals surface area contributed by atoms with Gasteiger partial charge < -0.3 is 10.1 Å². The Morgan fingerprint density at radius 2 is 1.74 bits per heavy atom. The lowest BCUT2D eigenvalue weighted by Gasteiger charge is -2.32. The number of carbonyl (C=O) groups is 2. The monoisotopic (exact) mass is 522 g/mol. The predicted octanol–water partition coefficient (Wildman–Crippen LogP) is 3.78. The van der Waals surface area contributed by atoms with Crippen molar-refractivity contribution in [2.24, 2.45) is 0 Å². The van der Waals surface area contributed by atoms with E-state index in [1.807, 2.05) is 48.5 Å². The highest BCUT2D eigenvalue weighted by Crippen LogP contribution is 2.45. The molecule has 2 aromatic carbocycles. The summed E-state index contributed by atoms with van der Waals surface area (Å²) in [7, 11) is 0. The molecule has 0 bridgehead atoms. The van der Waals surface area contributed by atoms with E-state index in [1.165, 1.54) is 10.8 Å². The van der Waals surface area contributed by atoms with Crippen LogP contribution in [0.3, 0.4) is 0 Å². The number of hydrazine groups is 1.